The Kier molecular flexibility index (Phi) is 6.75. The number of benzene rings is 3. The van der Waals surface area contributed by atoms with Crippen LogP contribution in [0, 0.1) is 6.92 Å². The van der Waals surface area contributed by atoms with Gasteiger partial charge in [0.15, 0.2) is 12.4 Å². The number of carbonyl (C=O) groups excluding carboxylic acids is 1. The third-order valence-electron chi connectivity index (χ3n) is 5.15. The standard InChI is InChI=1S/C26H22ClNO6/c1-15-4-6-16(7-5-15)25-26(24(30)19-12-17(27)8-10-21(19)34-25)33-14-23(29)28-20-13-18(31-2)9-11-22(20)32-3/h4-13H,14H2,1-3H3,(H,28,29). The minimum absolute atomic E-state index is 0.0774. The molecule has 0 radical (unpaired) electrons. The first-order valence-electron chi connectivity index (χ1n) is 10.4. The molecule has 0 saturated heterocycles. The van der Waals surface area contributed by atoms with Crippen LogP contribution in [0.5, 0.6) is 17.2 Å². The van der Waals surface area contributed by atoms with Crippen molar-refractivity contribution in [1.82, 2.24) is 0 Å². The zero-order valence-corrected chi connectivity index (χ0v) is 19.6. The summed E-state index contributed by atoms with van der Waals surface area (Å²) in [5, 5.41) is 3.36. The average Bonchev–Trinajstić information content (AvgIpc) is 2.84. The summed E-state index contributed by atoms with van der Waals surface area (Å²) in [6.07, 6.45) is 0. The van der Waals surface area contributed by atoms with Crippen LogP contribution >= 0.6 is 11.6 Å². The summed E-state index contributed by atoms with van der Waals surface area (Å²) in [6.45, 7) is 1.52. The SMILES string of the molecule is COc1ccc(OC)c(NC(=O)COc2c(-c3ccc(C)cc3)oc3ccc(Cl)cc3c2=O)c1. The van der Waals surface area contributed by atoms with Crippen LogP contribution in [-0.2, 0) is 4.79 Å². The van der Waals surface area contributed by atoms with Crippen LogP contribution < -0.4 is 25.0 Å². The minimum atomic E-state index is -0.494. The Morgan fingerprint density at radius 1 is 1.00 bits per heavy atom. The number of hydrogen-bond donors (Lipinski definition) is 1. The minimum Gasteiger partial charge on any atom is -0.497 e. The summed E-state index contributed by atoms with van der Waals surface area (Å²) in [6, 6.07) is 17.2. The van der Waals surface area contributed by atoms with Crippen molar-refractivity contribution in [3.8, 4) is 28.6 Å². The van der Waals surface area contributed by atoms with E-state index in [1.165, 1.54) is 20.3 Å². The van der Waals surface area contributed by atoms with Crippen molar-refractivity contribution in [3.63, 3.8) is 0 Å². The van der Waals surface area contributed by atoms with Crippen LogP contribution in [0.4, 0.5) is 5.69 Å². The van der Waals surface area contributed by atoms with E-state index in [2.05, 4.69) is 5.32 Å². The lowest BCUT2D eigenvalue weighted by Gasteiger charge is -2.14. The van der Waals surface area contributed by atoms with Gasteiger partial charge in [0.2, 0.25) is 11.2 Å². The molecule has 1 amide bonds. The molecule has 0 fully saturated rings. The highest BCUT2D eigenvalue weighted by atomic mass is 35.5. The van der Waals surface area contributed by atoms with Crippen molar-refractivity contribution < 1.29 is 23.4 Å². The predicted octanol–water partition coefficient (Wildman–Crippen LogP) is 5.46. The van der Waals surface area contributed by atoms with Crippen LogP contribution in [0.2, 0.25) is 5.02 Å². The van der Waals surface area contributed by atoms with Gasteiger partial charge >= 0.3 is 0 Å². The van der Waals surface area contributed by atoms with E-state index in [0.717, 1.165) is 5.56 Å². The summed E-state index contributed by atoms with van der Waals surface area (Å²) in [5.41, 5.74) is 2.04. The maximum atomic E-state index is 13.3. The number of ether oxygens (including phenoxy) is 3. The lowest BCUT2D eigenvalue weighted by molar-refractivity contribution is -0.118. The third-order valence-corrected chi connectivity index (χ3v) is 5.39. The fourth-order valence-corrected chi connectivity index (χ4v) is 3.58. The van der Waals surface area contributed by atoms with Gasteiger partial charge in [-0.2, -0.15) is 0 Å². The number of halogens is 1. The van der Waals surface area contributed by atoms with Crippen molar-refractivity contribution in [2.24, 2.45) is 0 Å². The van der Waals surface area contributed by atoms with Crippen molar-refractivity contribution >= 4 is 34.2 Å². The molecular weight excluding hydrogens is 458 g/mol. The van der Waals surface area contributed by atoms with Gasteiger partial charge in [0, 0.05) is 16.7 Å². The Bertz CT molecular complexity index is 1410. The Morgan fingerprint density at radius 2 is 1.76 bits per heavy atom. The molecule has 8 heteroatoms. The maximum Gasteiger partial charge on any atom is 0.262 e. The summed E-state index contributed by atoms with van der Waals surface area (Å²) in [5.74, 6) is 0.657. The highest BCUT2D eigenvalue weighted by molar-refractivity contribution is 6.31. The molecule has 0 unspecified atom stereocenters. The van der Waals surface area contributed by atoms with Crippen LogP contribution in [0.25, 0.3) is 22.3 Å². The fourth-order valence-electron chi connectivity index (χ4n) is 3.41. The van der Waals surface area contributed by atoms with Gasteiger partial charge in [0.1, 0.15) is 17.1 Å². The monoisotopic (exact) mass is 479 g/mol. The second-order valence-corrected chi connectivity index (χ2v) is 7.94. The molecule has 0 bridgehead atoms. The molecule has 4 aromatic rings. The van der Waals surface area contributed by atoms with E-state index in [-0.39, 0.29) is 16.9 Å². The van der Waals surface area contributed by atoms with Gasteiger partial charge in [-0.15, -0.1) is 0 Å². The highest BCUT2D eigenvalue weighted by Crippen LogP contribution is 2.32. The first kappa shape index (κ1) is 23.2. The molecule has 174 valence electrons. The Morgan fingerprint density at radius 3 is 2.47 bits per heavy atom. The van der Waals surface area contributed by atoms with Crippen LogP contribution in [0.1, 0.15) is 5.56 Å². The van der Waals surface area contributed by atoms with E-state index >= 15 is 0 Å². The van der Waals surface area contributed by atoms with E-state index in [4.69, 9.17) is 30.2 Å². The maximum absolute atomic E-state index is 13.3. The number of amides is 1. The topological polar surface area (TPSA) is 87.0 Å². The quantitative estimate of drug-likeness (QED) is 0.379. The van der Waals surface area contributed by atoms with Crippen molar-refractivity contribution in [1.29, 1.82) is 0 Å². The van der Waals surface area contributed by atoms with Crippen molar-refractivity contribution in [2.45, 2.75) is 6.92 Å². The molecule has 0 spiro atoms. The smallest absolute Gasteiger partial charge is 0.262 e. The molecule has 0 atom stereocenters. The lowest BCUT2D eigenvalue weighted by atomic mass is 10.1. The molecular formula is C26H22ClNO6. The number of carbonyl (C=O) groups is 1. The Labute approximate surface area is 200 Å². The van der Waals surface area contributed by atoms with E-state index in [1.807, 2.05) is 31.2 Å². The second kappa shape index (κ2) is 9.89. The first-order valence-corrected chi connectivity index (χ1v) is 10.8. The van der Waals surface area contributed by atoms with Crippen molar-refractivity contribution in [2.75, 3.05) is 26.1 Å². The number of fused-ring (bicyclic) bond motifs is 1. The molecule has 0 saturated carbocycles. The molecule has 4 rings (SSSR count). The summed E-state index contributed by atoms with van der Waals surface area (Å²) in [4.78, 5) is 26.0. The fraction of sp³-hybridized carbons (Fsp3) is 0.154. The zero-order valence-electron chi connectivity index (χ0n) is 18.8. The Hall–Kier alpha value is -3.97. The third kappa shape index (κ3) is 4.84. The molecule has 3 aromatic carbocycles. The van der Waals surface area contributed by atoms with E-state index in [1.54, 1.807) is 30.3 Å². The van der Waals surface area contributed by atoms with Gasteiger partial charge < -0.3 is 23.9 Å². The van der Waals surface area contributed by atoms with E-state index in [0.29, 0.717) is 33.4 Å². The number of rotatable bonds is 7. The summed E-state index contributed by atoms with van der Waals surface area (Å²) in [7, 11) is 3.02. The molecule has 1 N–H and O–H groups in total. The largest absolute Gasteiger partial charge is 0.497 e. The first-order chi connectivity index (χ1) is 16.4. The molecule has 7 nitrogen and oxygen atoms in total. The van der Waals surface area contributed by atoms with Crippen LogP contribution in [-0.4, -0.2) is 26.7 Å². The Balaban J connectivity index is 1.67. The van der Waals surface area contributed by atoms with Gasteiger partial charge in [-0.05, 0) is 37.3 Å². The predicted molar refractivity (Wildman–Crippen MR) is 131 cm³/mol. The average molecular weight is 480 g/mol. The number of aryl methyl sites for hydroxylation is 1. The van der Waals surface area contributed by atoms with E-state index < -0.39 is 17.9 Å². The molecule has 0 aliphatic rings. The van der Waals surface area contributed by atoms with E-state index in [9.17, 15) is 9.59 Å². The molecule has 0 aliphatic carbocycles. The molecule has 34 heavy (non-hydrogen) atoms. The molecule has 1 aromatic heterocycles. The van der Waals surface area contributed by atoms with Gasteiger partial charge in [0.25, 0.3) is 5.91 Å². The summed E-state index contributed by atoms with van der Waals surface area (Å²) >= 11 is 6.08. The van der Waals surface area contributed by atoms with Crippen LogP contribution in [0.3, 0.4) is 0 Å². The highest BCUT2D eigenvalue weighted by Gasteiger charge is 2.20. The molecule has 0 aliphatic heterocycles. The number of anilines is 1. The van der Waals surface area contributed by atoms with Crippen molar-refractivity contribution in [3.05, 3.63) is 81.5 Å². The number of methoxy groups -OCH3 is 2. The van der Waals surface area contributed by atoms with Gasteiger partial charge in [0.05, 0.1) is 25.3 Å². The second-order valence-electron chi connectivity index (χ2n) is 7.50. The number of hydrogen-bond acceptors (Lipinski definition) is 6. The summed E-state index contributed by atoms with van der Waals surface area (Å²) < 4.78 is 22.2. The van der Waals surface area contributed by atoms with Gasteiger partial charge in [-0.1, -0.05) is 41.4 Å². The normalized spacial score (nSPS) is 10.7. The number of nitrogens with one attached hydrogen (secondary N) is 1. The van der Waals surface area contributed by atoms with Gasteiger partial charge in [-0.25, -0.2) is 0 Å². The van der Waals surface area contributed by atoms with Gasteiger partial charge in [-0.3, -0.25) is 9.59 Å². The molecule has 1 heterocycles. The van der Waals surface area contributed by atoms with Crippen LogP contribution in [0.15, 0.2) is 69.9 Å². The lowest BCUT2D eigenvalue weighted by Crippen LogP contribution is -2.23. The zero-order chi connectivity index (χ0) is 24.2.